The summed E-state index contributed by atoms with van der Waals surface area (Å²) in [4.78, 5) is 0. The van der Waals surface area contributed by atoms with Crippen LogP contribution in [0.15, 0.2) is 12.2 Å². The van der Waals surface area contributed by atoms with Gasteiger partial charge in [-0.2, -0.15) is 11.8 Å². The first kappa shape index (κ1) is 12.1. The van der Waals surface area contributed by atoms with E-state index in [2.05, 4.69) is 37.5 Å². The molecule has 0 amide bonds. The summed E-state index contributed by atoms with van der Waals surface area (Å²) >= 11 is 2.13. The zero-order chi connectivity index (χ0) is 10.4. The Balaban J connectivity index is 2.43. The largest absolute Gasteiger partial charge is 0.309 e. The van der Waals surface area contributed by atoms with E-state index in [1.807, 2.05) is 0 Å². The molecule has 1 N–H and O–H groups in total. The summed E-state index contributed by atoms with van der Waals surface area (Å²) in [6, 6.07) is 0.542. The van der Waals surface area contributed by atoms with Crippen LogP contribution >= 0.6 is 11.8 Å². The molecule has 0 aromatic rings. The fourth-order valence-electron chi connectivity index (χ4n) is 1.95. The first-order valence-corrected chi connectivity index (χ1v) is 6.81. The van der Waals surface area contributed by atoms with Crippen LogP contribution < -0.4 is 5.32 Å². The maximum atomic E-state index is 4.11. The highest BCUT2D eigenvalue weighted by atomic mass is 32.2. The fraction of sp³-hybridized carbons (Fsp3) is 0.833. The van der Waals surface area contributed by atoms with Gasteiger partial charge in [-0.1, -0.05) is 25.5 Å². The van der Waals surface area contributed by atoms with Gasteiger partial charge in [-0.05, 0) is 38.5 Å². The second-order valence-corrected chi connectivity index (χ2v) is 5.53. The topological polar surface area (TPSA) is 12.0 Å². The van der Waals surface area contributed by atoms with Crippen LogP contribution in [0.25, 0.3) is 0 Å². The molecule has 1 saturated heterocycles. The Hall–Kier alpha value is 0.0500. The smallest absolute Gasteiger partial charge is 0.0394 e. The molecule has 0 spiro atoms. The van der Waals surface area contributed by atoms with Gasteiger partial charge >= 0.3 is 0 Å². The molecule has 82 valence electrons. The summed E-state index contributed by atoms with van der Waals surface area (Å²) in [6.45, 7) is 9.60. The van der Waals surface area contributed by atoms with E-state index in [0.29, 0.717) is 6.04 Å². The van der Waals surface area contributed by atoms with Crippen molar-refractivity contribution in [2.45, 2.75) is 50.8 Å². The Bertz CT molecular complexity index is 173. The quantitative estimate of drug-likeness (QED) is 0.704. The highest BCUT2D eigenvalue weighted by Gasteiger charge is 2.23. The molecule has 14 heavy (non-hydrogen) atoms. The van der Waals surface area contributed by atoms with Crippen LogP contribution in [-0.2, 0) is 0 Å². The predicted molar refractivity (Wildman–Crippen MR) is 67.0 cm³/mol. The number of nitrogens with one attached hydrogen (secondary N) is 1. The van der Waals surface area contributed by atoms with Gasteiger partial charge in [-0.15, -0.1) is 0 Å². The molecule has 1 aliphatic rings. The normalized spacial score (nSPS) is 24.6. The molecule has 2 atom stereocenters. The Morgan fingerprint density at radius 3 is 2.86 bits per heavy atom. The Morgan fingerprint density at radius 2 is 2.36 bits per heavy atom. The zero-order valence-electron chi connectivity index (χ0n) is 9.51. The van der Waals surface area contributed by atoms with Gasteiger partial charge in [0.1, 0.15) is 0 Å². The number of thioether (sulfide) groups is 1. The van der Waals surface area contributed by atoms with Crippen LogP contribution in [0.5, 0.6) is 0 Å². The van der Waals surface area contributed by atoms with Crippen molar-refractivity contribution in [2.24, 2.45) is 0 Å². The maximum absolute atomic E-state index is 4.11. The average Bonchev–Trinajstić information content (AvgIpc) is 2.19. The molecule has 1 rings (SSSR count). The number of hydrogen-bond donors (Lipinski definition) is 1. The van der Waals surface area contributed by atoms with Crippen LogP contribution in [0.3, 0.4) is 0 Å². The van der Waals surface area contributed by atoms with E-state index in [1.54, 1.807) is 0 Å². The lowest BCUT2D eigenvalue weighted by atomic mass is 10.0. The van der Waals surface area contributed by atoms with Crippen molar-refractivity contribution in [1.29, 1.82) is 0 Å². The first-order valence-electron chi connectivity index (χ1n) is 5.76. The summed E-state index contributed by atoms with van der Waals surface area (Å²) in [7, 11) is 0. The van der Waals surface area contributed by atoms with Crippen molar-refractivity contribution < 1.29 is 0 Å². The summed E-state index contributed by atoms with van der Waals surface area (Å²) in [5.41, 5.74) is 1.30. The molecule has 1 fully saturated rings. The van der Waals surface area contributed by atoms with Crippen LogP contribution in [-0.4, -0.2) is 23.6 Å². The van der Waals surface area contributed by atoms with Crippen molar-refractivity contribution in [2.75, 3.05) is 12.3 Å². The van der Waals surface area contributed by atoms with E-state index in [9.17, 15) is 0 Å². The van der Waals surface area contributed by atoms with Crippen LogP contribution in [0.4, 0.5) is 0 Å². The Morgan fingerprint density at radius 1 is 1.57 bits per heavy atom. The van der Waals surface area contributed by atoms with Crippen LogP contribution in [0, 0.1) is 0 Å². The van der Waals surface area contributed by atoms with Gasteiger partial charge in [0.25, 0.3) is 0 Å². The summed E-state index contributed by atoms with van der Waals surface area (Å²) < 4.78 is 0. The van der Waals surface area contributed by atoms with Gasteiger partial charge in [-0.3, -0.25) is 0 Å². The molecule has 1 nitrogen and oxygen atoms in total. The molecule has 0 saturated carbocycles. The van der Waals surface area contributed by atoms with Crippen molar-refractivity contribution in [3.8, 4) is 0 Å². The lowest BCUT2D eigenvalue weighted by Gasteiger charge is -2.31. The highest BCUT2D eigenvalue weighted by Crippen LogP contribution is 2.29. The third-order valence-corrected chi connectivity index (χ3v) is 4.19. The minimum Gasteiger partial charge on any atom is -0.309 e. The molecule has 0 aliphatic carbocycles. The van der Waals surface area contributed by atoms with Crippen LogP contribution in [0.2, 0.25) is 0 Å². The molecule has 0 aromatic carbocycles. The minimum absolute atomic E-state index is 0.542. The lowest BCUT2D eigenvalue weighted by Crippen LogP contribution is -2.40. The lowest BCUT2D eigenvalue weighted by molar-refractivity contribution is 0.509. The van der Waals surface area contributed by atoms with Crippen molar-refractivity contribution in [3.63, 3.8) is 0 Å². The molecule has 0 aromatic heterocycles. The minimum atomic E-state index is 0.542. The highest BCUT2D eigenvalue weighted by molar-refractivity contribution is 8.00. The zero-order valence-corrected chi connectivity index (χ0v) is 10.3. The second-order valence-electron chi connectivity index (χ2n) is 4.18. The third-order valence-electron chi connectivity index (χ3n) is 2.73. The summed E-state index contributed by atoms with van der Waals surface area (Å²) in [5.74, 6) is 1.34. The van der Waals surface area contributed by atoms with Gasteiger partial charge in [0, 0.05) is 11.3 Å². The van der Waals surface area contributed by atoms with Crippen LogP contribution in [0.1, 0.15) is 39.5 Å². The van der Waals surface area contributed by atoms with E-state index in [-0.39, 0.29) is 0 Å². The summed E-state index contributed by atoms with van der Waals surface area (Å²) in [5, 5.41) is 4.39. The predicted octanol–water partition coefficient (Wildman–Crippen LogP) is 3.22. The molecule has 1 aliphatic heterocycles. The van der Waals surface area contributed by atoms with Crippen molar-refractivity contribution in [3.05, 3.63) is 12.2 Å². The van der Waals surface area contributed by atoms with E-state index in [4.69, 9.17) is 0 Å². The molecule has 0 radical (unpaired) electrons. The van der Waals surface area contributed by atoms with E-state index < -0.39 is 0 Å². The summed E-state index contributed by atoms with van der Waals surface area (Å²) in [6.07, 6.45) is 5.37. The molecule has 1 heterocycles. The van der Waals surface area contributed by atoms with Gasteiger partial charge in [0.15, 0.2) is 0 Å². The van der Waals surface area contributed by atoms with Crippen molar-refractivity contribution in [1.82, 2.24) is 5.32 Å². The molecular weight excluding hydrogens is 190 g/mol. The maximum Gasteiger partial charge on any atom is 0.0394 e. The molecule has 0 bridgehead atoms. The molecule has 2 heteroatoms. The Labute approximate surface area is 92.7 Å². The van der Waals surface area contributed by atoms with E-state index >= 15 is 0 Å². The second kappa shape index (κ2) is 6.52. The molecule has 2 unspecified atom stereocenters. The average molecular weight is 213 g/mol. The van der Waals surface area contributed by atoms with Gasteiger partial charge < -0.3 is 5.32 Å². The number of rotatable bonds is 5. The number of hydrogen-bond acceptors (Lipinski definition) is 2. The monoisotopic (exact) mass is 213 g/mol. The van der Waals surface area contributed by atoms with E-state index in [0.717, 1.165) is 11.8 Å². The standard InChI is InChI=1S/C12H23NS/c1-4-8-13-12(10(2)3)11-7-5-6-9-14-11/h11-13H,2,4-9H2,1,3H3. The SMILES string of the molecule is C=C(C)C(NCCC)C1CCCCS1. The Kier molecular flexibility index (Phi) is 5.64. The first-order chi connectivity index (χ1) is 6.75. The van der Waals surface area contributed by atoms with Gasteiger partial charge in [0.05, 0.1) is 0 Å². The fourth-order valence-corrected chi connectivity index (χ4v) is 3.48. The van der Waals surface area contributed by atoms with Crippen molar-refractivity contribution >= 4 is 11.8 Å². The molecular formula is C12H23NS. The third kappa shape index (κ3) is 3.66. The van der Waals surface area contributed by atoms with E-state index in [1.165, 1.54) is 37.0 Å². The van der Waals surface area contributed by atoms with Gasteiger partial charge in [0.2, 0.25) is 0 Å². The van der Waals surface area contributed by atoms with Gasteiger partial charge in [-0.25, -0.2) is 0 Å².